The van der Waals surface area contributed by atoms with E-state index in [0.29, 0.717) is 5.56 Å². The van der Waals surface area contributed by atoms with Crippen molar-refractivity contribution in [1.82, 2.24) is 0 Å². The zero-order valence-corrected chi connectivity index (χ0v) is 15.0. The van der Waals surface area contributed by atoms with Gasteiger partial charge in [0.25, 0.3) is 5.60 Å². The summed E-state index contributed by atoms with van der Waals surface area (Å²) in [5.74, 6) is -2.14. The molecule has 0 N–H and O–H groups in total. The lowest BCUT2D eigenvalue weighted by atomic mass is 9.83. The van der Waals surface area contributed by atoms with E-state index in [9.17, 15) is 14.0 Å². The van der Waals surface area contributed by atoms with Crippen molar-refractivity contribution < 1.29 is 28.2 Å². The van der Waals surface area contributed by atoms with Crippen LogP contribution >= 0.6 is 0 Å². The number of hydrogen-bond donors (Lipinski definition) is 0. The van der Waals surface area contributed by atoms with E-state index < -0.39 is 35.0 Å². The van der Waals surface area contributed by atoms with E-state index in [-0.39, 0.29) is 12.2 Å². The molecule has 0 bridgehead atoms. The number of carbonyl (C=O) groups is 2. The smallest absolute Gasteiger partial charge is 0.358 e. The summed E-state index contributed by atoms with van der Waals surface area (Å²) in [6.45, 7) is 8.48. The SMILES string of the molecule is CCOC(=O)[C@@]1(c2cc(F)ccc2C)OC=N[C@H]1C(=O)OC(C)(C)C. The van der Waals surface area contributed by atoms with Gasteiger partial charge in [0.15, 0.2) is 6.40 Å². The Kier molecular flexibility index (Phi) is 5.15. The molecule has 0 saturated carbocycles. The maximum absolute atomic E-state index is 13.9. The normalized spacial score (nSPS) is 22.4. The zero-order valence-electron chi connectivity index (χ0n) is 15.0. The standard InChI is InChI=1S/C18H22FNO5/c1-6-23-16(22)18(13-9-12(19)8-7-11(13)2)14(20-10-24-18)15(21)25-17(3,4)5/h7-10,14H,6H2,1-5H3/t14-,18-/m0/s1. The highest BCUT2D eigenvalue weighted by Gasteiger charge is 2.59. The molecule has 1 aromatic rings. The number of halogens is 1. The largest absolute Gasteiger partial charge is 0.463 e. The summed E-state index contributed by atoms with van der Waals surface area (Å²) in [5, 5.41) is 0. The maximum atomic E-state index is 13.9. The van der Waals surface area contributed by atoms with Crippen LogP contribution in [-0.4, -0.2) is 36.6 Å². The molecule has 1 aromatic carbocycles. The van der Waals surface area contributed by atoms with Gasteiger partial charge in [0, 0.05) is 5.56 Å². The molecule has 1 heterocycles. The molecule has 0 aromatic heterocycles. The van der Waals surface area contributed by atoms with Crippen molar-refractivity contribution in [2.45, 2.75) is 51.9 Å². The molecule has 0 unspecified atom stereocenters. The third-order valence-corrected chi connectivity index (χ3v) is 3.64. The highest BCUT2D eigenvalue weighted by Crippen LogP contribution is 2.39. The fraction of sp³-hybridized carbons (Fsp3) is 0.500. The molecule has 0 fully saturated rings. The van der Waals surface area contributed by atoms with E-state index >= 15 is 0 Å². The van der Waals surface area contributed by atoms with Crippen LogP contribution in [0, 0.1) is 12.7 Å². The number of hydrogen-bond acceptors (Lipinski definition) is 6. The second-order valence-corrected chi connectivity index (χ2v) is 6.72. The maximum Gasteiger partial charge on any atom is 0.358 e. The summed E-state index contributed by atoms with van der Waals surface area (Å²) in [7, 11) is 0. The summed E-state index contributed by atoms with van der Waals surface area (Å²) < 4.78 is 29.8. The number of nitrogens with zero attached hydrogens (tertiary/aromatic N) is 1. The van der Waals surface area contributed by atoms with E-state index in [1.807, 2.05) is 0 Å². The summed E-state index contributed by atoms with van der Waals surface area (Å²) in [6, 6.07) is 2.58. The van der Waals surface area contributed by atoms with Crippen LogP contribution in [0.5, 0.6) is 0 Å². The van der Waals surface area contributed by atoms with E-state index in [1.54, 1.807) is 34.6 Å². The Hall–Kier alpha value is -2.44. The minimum Gasteiger partial charge on any atom is -0.463 e. The Labute approximate surface area is 146 Å². The van der Waals surface area contributed by atoms with Crippen LogP contribution in [0.1, 0.15) is 38.8 Å². The first-order valence-corrected chi connectivity index (χ1v) is 7.98. The molecule has 0 saturated heterocycles. The number of carbonyl (C=O) groups excluding carboxylic acids is 2. The van der Waals surface area contributed by atoms with E-state index in [2.05, 4.69) is 4.99 Å². The molecule has 25 heavy (non-hydrogen) atoms. The van der Waals surface area contributed by atoms with Crippen molar-refractivity contribution in [2.24, 2.45) is 4.99 Å². The molecule has 0 aliphatic carbocycles. The van der Waals surface area contributed by atoms with Crippen LogP contribution in [0.15, 0.2) is 23.2 Å². The van der Waals surface area contributed by atoms with Crippen LogP contribution in [0.2, 0.25) is 0 Å². The van der Waals surface area contributed by atoms with Gasteiger partial charge in [-0.05, 0) is 52.3 Å². The summed E-state index contributed by atoms with van der Waals surface area (Å²) in [4.78, 5) is 29.4. The van der Waals surface area contributed by atoms with Crippen LogP contribution < -0.4 is 0 Å². The Bertz CT molecular complexity index is 710. The quantitative estimate of drug-likeness (QED) is 0.780. The first kappa shape index (κ1) is 18.9. The molecular weight excluding hydrogens is 329 g/mol. The highest BCUT2D eigenvalue weighted by molar-refractivity contribution is 5.95. The first-order chi connectivity index (χ1) is 11.6. The molecule has 2 atom stereocenters. The Balaban J connectivity index is 2.58. The predicted molar refractivity (Wildman–Crippen MR) is 88.7 cm³/mol. The van der Waals surface area contributed by atoms with Crippen LogP contribution in [-0.2, 0) is 29.4 Å². The van der Waals surface area contributed by atoms with Crippen LogP contribution in [0.3, 0.4) is 0 Å². The lowest BCUT2D eigenvalue weighted by Crippen LogP contribution is -2.51. The van der Waals surface area contributed by atoms with Gasteiger partial charge in [0.1, 0.15) is 11.4 Å². The third-order valence-electron chi connectivity index (χ3n) is 3.64. The van der Waals surface area contributed by atoms with Gasteiger partial charge < -0.3 is 14.2 Å². The molecule has 0 amide bonds. The van der Waals surface area contributed by atoms with Gasteiger partial charge in [-0.15, -0.1) is 0 Å². The summed E-state index contributed by atoms with van der Waals surface area (Å²) in [6.07, 6.45) is 1.01. The summed E-state index contributed by atoms with van der Waals surface area (Å²) in [5.41, 5.74) is -1.95. The minimum absolute atomic E-state index is 0.0688. The van der Waals surface area contributed by atoms with Gasteiger partial charge in [-0.1, -0.05) is 6.07 Å². The second kappa shape index (κ2) is 6.82. The number of aliphatic imine (C=N–C) groups is 1. The number of ether oxygens (including phenoxy) is 3. The predicted octanol–water partition coefficient (Wildman–Crippen LogP) is 2.66. The van der Waals surface area contributed by atoms with Gasteiger partial charge >= 0.3 is 11.9 Å². The Morgan fingerprint density at radius 2 is 2.04 bits per heavy atom. The average Bonchev–Trinajstić information content (AvgIpc) is 2.94. The molecule has 0 radical (unpaired) electrons. The second-order valence-electron chi connectivity index (χ2n) is 6.72. The molecule has 1 aliphatic heterocycles. The number of rotatable bonds is 4. The minimum atomic E-state index is -1.91. The van der Waals surface area contributed by atoms with Gasteiger partial charge in [-0.3, -0.25) is 0 Å². The Morgan fingerprint density at radius 3 is 2.64 bits per heavy atom. The topological polar surface area (TPSA) is 74.2 Å². The molecule has 6 nitrogen and oxygen atoms in total. The first-order valence-electron chi connectivity index (χ1n) is 7.98. The van der Waals surface area contributed by atoms with Crippen molar-refractivity contribution in [1.29, 1.82) is 0 Å². The molecule has 0 spiro atoms. The number of aryl methyl sites for hydroxylation is 1. The fourth-order valence-corrected chi connectivity index (χ4v) is 2.64. The zero-order chi connectivity index (χ0) is 18.8. The lowest BCUT2D eigenvalue weighted by molar-refractivity contribution is -0.175. The molecular formula is C18H22FNO5. The van der Waals surface area contributed by atoms with Crippen molar-refractivity contribution >= 4 is 18.3 Å². The van der Waals surface area contributed by atoms with Crippen LogP contribution in [0.25, 0.3) is 0 Å². The van der Waals surface area contributed by atoms with Gasteiger partial charge in [-0.25, -0.2) is 19.0 Å². The number of benzene rings is 1. The van der Waals surface area contributed by atoms with Crippen molar-refractivity contribution in [2.75, 3.05) is 6.61 Å². The Morgan fingerprint density at radius 1 is 1.36 bits per heavy atom. The molecule has 136 valence electrons. The molecule has 2 rings (SSSR count). The van der Waals surface area contributed by atoms with E-state index in [4.69, 9.17) is 14.2 Å². The van der Waals surface area contributed by atoms with Crippen molar-refractivity contribution in [3.05, 3.63) is 35.1 Å². The fourth-order valence-electron chi connectivity index (χ4n) is 2.64. The van der Waals surface area contributed by atoms with Gasteiger partial charge in [-0.2, -0.15) is 0 Å². The van der Waals surface area contributed by atoms with Gasteiger partial charge in [0.05, 0.1) is 6.61 Å². The summed E-state index contributed by atoms with van der Waals surface area (Å²) >= 11 is 0. The van der Waals surface area contributed by atoms with Crippen LogP contribution in [0.4, 0.5) is 4.39 Å². The third kappa shape index (κ3) is 3.65. The number of esters is 2. The molecule has 7 heteroatoms. The van der Waals surface area contributed by atoms with Crippen molar-refractivity contribution in [3.63, 3.8) is 0 Å². The van der Waals surface area contributed by atoms with E-state index in [0.717, 1.165) is 12.5 Å². The average molecular weight is 351 g/mol. The van der Waals surface area contributed by atoms with E-state index in [1.165, 1.54) is 12.1 Å². The lowest BCUT2D eigenvalue weighted by Gasteiger charge is -2.32. The monoisotopic (exact) mass is 351 g/mol. The molecule has 1 aliphatic rings. The highest BCUT2D eigenvalue weighted by atomic mass is 19.1. The van der Waals surface area contributed by atoms with Crippen molar-refractivity contribution in [3.8, 4) is 0 Å². The van der Waals surface area contributed by atoms with Gasteiger partial charge in [0.2, 0.25) is 6.04 Å².